The molecule has 3 heteroatoms. The van der Waals surface area contributed by atoms with Gasteiger partial charge in [0.2, 0.25) is 0 Å². The number of benzene rings is 1. The molecule has 3 nitrogen and oxygen atoms in total. The highest BCUT2D eigenvalue weighted by Crippen LogP contribution is 2.18. The number of rotatable bonds is 4. The first-order valence-electron chi connectivity index (χ1n) is 5.30. The van der Waals surface area contributed by atoms with Crippen LogP contribution < -0.4 is 5.32 Å². The summed E-state index contributed by atoms with van der Waals surface area (Å²) in [5, 5.41) is 12.7. The van der Waals surface area contributed by atoms with Gasteiger partial charge in [-0.05, 0) is 36.8 Å². The van der Waals surface area contributed by atoms with Crippen molar-refractivity contribution >= 4 is 0 Å². The molecule has 1 heterocycles. The third kappa shape index (κ3) is 2.64. The summed E-state index contributed by atoms with van der Waals surface area (Å²) in [4.78, 5) is 0. The van der Waals surface area contributed by atoms with Crippen LogP contribution in [-0.2, 0) is 6.54 Å². The predicted molar refractivity (Wildman–Crippen MR) is 62.1 cm³/mol. The van der Waals surface area contributed by atoms with Crippen LogP contribution in [0.3, 0.4) is 0 Å². The molecule has 0 amide bonds. The van der Waals surface area contributed by atoms with E-state index in [-0.39, 0.29) is 6.04 Å². The van der Waals surface area contributed by atoms with Crippen LogP contribution in [0.15, 0.2) is 47.1 Å². The van der Waals surface area contributed by atoms with Crippen molar-refractivity contribution in [1.82, 2.24) is 5.32 Å². The van der Waals surface area contributed by atoms with Crippen LogP contribution in [0, 0.1) is 0 Å². The second kappa shape index (κ2) is 4.86. The minimum absolute atomic E-state index is 0.178. The van der Waals surface area contributed by atoms with E-state index >= 15 is 0 Å². The molecule has 1 unspecified atom stereocenters. The lowest BCUT2D eigenvalue weighted by molar-refractivity contribution is 0.456. The Bertz CT molecular complexity index is 437. The lowest BCUT2D eigenvalue weighted by Gasteiger charge is -2.13. The van der Waals surface area contributed by atoms with Crippen LogP contribution in [0.2, 0.25) is 0 Å². The van der Waals surface area contributed by atoms with Crippen LogP contribution in [0.5, 0.6) is 5.75 Å². The second-order valence-electron chi connectivity index (χ2n) is 3.78. The summed E-state index contributed by atoms with van der Waals surface area (Å²) in [5.41, 5.74) is 1.06. The molecular formula is C13H15NO2. The monoisotopic (exact) mass is 217 g/mol. The van der Waals surface area contributed by atoms with Crippen LogP contribution in [0.25, 0.3) is 0 Å². The molecular weight excluding hydrogens is 202 g/mol. The van der Waals surface area contributed by atoms with Gasteiger partial charge < -0.3 is 14.8 Å². The van der Waals surface area contributed by atoms with Gasteiger partial charge in [0.1, 0.15) is 11.5 Å². The summed E-state index contributed by atoms with van der Waals surface area (Å²) in [5.74, 6) is 1.20. The smallest absolute Gasteiger partial charge is 0.117 e. The van der Waals surface area contributed by atoms with Crippen molar-refractivity contribution < 1.29 is 9.52 Å². The van der Waals surface area contributed by atoms with Gasteiger partial charge in [-0.25, -0.2) is 0 Å². The van der Waals surface area contributed by atoms with Crippen molar-refractivity contribution in [3.63, 3.8) is 0 Å². The molecule has 0 radical (unpaired) electrons. The van der Waals surface area contributed by atoms with Crippen molar-refractivity contribution in [1.29, 1.82) is 0 Å². The fraction of sp³-hybridized carbons (Fsp3) is 0.231. The highest BCUT2D eigenvalue weighted by molar-refractivity contribution is 5.29. The topological polar surface area (TPSA) is 45.4 Å². The first-order chi connectivity index (χ1) is 7.75. The van der Waals surface area contributed by atoms with Gasteiger partial charge in [-0.2, -0.15) is 0 Å². The Morgan fingerprint density at radius 1 is 1.31 bits per heavy atom. The average molecular weight is 217 g/mol. The zero-order valence-corrected chi connectivity index (χ0v) is 9.18. The maximum absolute atomic E-state index is 9.37. The predicted octanol–water partition coefficient (Wildman–Crippen LogP) is 2.84. The van der Waals surface area contributed by atoms with E-state index in [0.29, 0.717) is 12.3 Å². The lowest BCUT2D eigenvalue weighted by atomic mass is 10.1. The highest BCUT2D eigenvalue weighted by atomic mass is 16.3. The third-order valence-corrected chi connectivity index (χ3v) is 2.53. The summed E-state index contributed by atoms with van der Waals surface area (Å²) in [7, 11) is 0. The first kappa shape index (κ1) is 10.8. The molecule has 0 spiro atoms. The zero-order chi connectivity index (χ0) is 11.4. The molecule has 0 aliphatic heterocycles. The van der Waals surface area contributed by atoms with E-state index in [0.717, 1.165) is 11.3 Å². The van der Waals surface area contributed by atoms with Gasteiger partial charge in [0.15, 0.2) is 0 Å². The van der Waals surface area contributed by atoms with Gasteiger partial charge >= 0.3 is 0 Å². The molecule has 0 aliphatic carbocycles. The minimum Gasteiger partial charge on any atom is -0.508 e. The Kier molecular flexibility index (Phi) is 3.27. The van der Waals surface area contributed by atoms with Crippen molar-refractivity contribution in [2.45, 2.75) is 19.5 Å². The Labute approximate surface area is 94.7 Å². The van der Waals surface area contributed by atoms with Crippen molar-refractivity contribution in [2.75, 3.05) is 0 Å². The van der Waals surface area contributed by atoms with E-state index in [1.54, 1.807) is 18.4 Å². The van der Waals surface area contributed by atoms with Crippen LogP contribution in [0.4, 0.5) is 0 Å². The van der Waals surface area contributed by atoms with E-state index < -0.39 is 0 Å². The number of nitrogens with one attached hydrogen (secondary N) is 1. The maximum atomic E-state index is 9.37. The highest BCUT2D eigenvalue weighted by Gasteiger charge is 2.05. The molecule has 1 aromatic carbocycles. The number of hydrogen-bond acceptors (Lipinski definition) is 3. The largest absolute Gasteiger partial charge is 0.508 e. The molecule has 1 atom stereocenters. The molecule has 1 aromatic heterocycles. The van der Waals surface area contributed by atoms with E-state index in [4.69, 9.17) is 4.42 Å². The van der Waals surface area contributed by atoms with Gasteiger partial charge in [0.25, 0.3) is 0 Å². The standard InChI is InChI=1S/C13H15NO2/c1-10(11-4-2-5-12(15)8-11)14-9-13-6-3-7-16-13/h2-8,10,14-15H,9H2,1H3. The quantitative estimate of drug-likeness (QED) is 0.827. The molecule has 0 saturated heterocycles. The zero-order valence-electron chi connectivity index (χ0n) is 9.18. The summed E-state index contributed by atoms with van der Waals surface area (Å²) < 4.78 is 5.23. The van der Waals surface area contributed by atoms with E-state index in [1.165, 1.54) is 0 Å². The van der Waals surface area contributed by atoms with Crippen LogP contribution >= 0.6 is 0 Å². The molecule has 84 valence electrons. The Morgan fingerprint density at radius 3 is 2.88 bits per heavy atom. The molecule has 0 fully saturated rings. The maximum Gasteiger partial charge on any atom is 0.117 e. The van der Waals surface area contributed by atoms with Crippen molar-refractivity contribution in [2.24, 2.45) is 0 Å². The summed E-state index contributed by atoms with van der Waals surface area (Å²) in [6, 6.07) is 11.2. The van der Waals surface area contributed by atoms with Crippen LogP contribution in [-0.4, -0.2) is 5.11 Å². The van der Waals surface area contributed by atoms with Gasteiger partial charge in [-0.3, -0.25) is 0 Å². The van der Waals surface area contributed by atoms with E-state index in [1.807, 2.05) is 24.3 Å². The molecule has 0 bridgehead atoms. The molecule has 16 heavy (non-hydrogen) atoms. The summed E-state index contributed by atoms with van der Waals surface area (Å²) in [6.45, 7) is 2.74. The third-order valence-electron chi connectivity index (χ3n) is 2.53. The number of phenolic OH excluding ortho intramolecular Hbond substituents is 1. The molecule has 0 aliphatic rings. The van der Waals surface area contributed by atoms with E-state index in [2.05, 4.69) is 12.2 Å². The molecule has 0 saturated carbocycles. The number of phenols is 1. The lowest BCUT2D eigenvalue weighted by Crippen LogP contribution is -2.17. The second-order valence-corrected chi connectivity index (χ2v) is 3.78. The first-order valence-corrected chi connectivity index (χ1v) is 5.30. The molecule has 2 aromatic rings. The molecule has 2 N–H and O–H groups in total. The van der Waals surface area contributed by atoms with Crippen LogP contribution in [0.1, 0.15) is 24.3 Å². The van der Waals surface area contributed by atoms with Gasteiger partial charge in [0.05, 0.1) is 12.8 Å². The summed E-state index contributed by atoms with van der Waals surface area (Å²) >= 11 is 0. The fourth-order valence-corrected chi connectivity index (χ4v) is 1.58. The Morgan fingerprint density at radius 2 is 2.19 bits per heavy atom. The minimum atomic E-state index is 0.178. The SMILES string of the molecule is CC(NCc1ccco1)c1cccc(O)c1. The van der Waals surface area contributed by atoms with Gasteiger partial charge in [-0.15, -0.1) is 0 Å². The Hall–Kier alpha value is -1.74. The normalized spacial score (nSPS) is 12.6. The Balaban J connectivity index is 1.95. The fourth-order valence-electron chi connectivity index (χ4n) is 1.58. The van der Waals surface area contributed by atoms with Crippen molar-refractivity contribution in [3.05, 3.63) is 54.0 Å². The van der Waals surface area contributed by atoms with Gasteiger partial charge in [-0.1, -0.05) is 12.1 Å². The molecule has 2 rings (SSSR count). The number of aromatic hydroxyl groups is 1. The number of furan rings is 1. The number of hydrogen-bond donors (Lipinski definition) is 2. The van der Waals surface area contributed by atoms with Gasteiger partial charge in [0, 0.05) is 6.04 Å². The summed E-state index contributed by atoms with van der Waals surface area (Å²) in [6.07, 6.45) is 1.66. The van der Waals surface area contributed by atoms with E-state index in [9.17, 15) is 5.11 Å². The average Bonchev–Trinajstić information content (AvgIpc) is 2.78. The van der Waals surface area contributed by atoms with Crippen molar-refractivity contribution in [3.8, 4) is 5.75 Å².